The third-order valence-corrected chi connectivity index (χ3v) is 3.70. The highest BCUT2D eigenvalue weighted by molar-refractivity contribution is 9.10. The molecule has 0 saturated carbocycles. The van der Waals surface area contributed by atoms with Crippen molar-refractivity contribution in [1.82, 2.24) is 4.98 Å². The van der Waals surface area contributed by atoms with Gasteiger partial charge in [-0.1, -0.05) is 28.1 Å². The monoisotopic (exact) mass is 336 g/mol. The highest BCUT2D eigenvalue weighted by Crippen LogP contribution is 2.15. The highest BCUT2D eigenvalue weighted by atomic mass is 79.9. The van der Waals surface area contributed by atoms with Gasteiger partial charge >= 0.3 is 0 Å². The molecule has 19 heavy (non-hydrogen) atoms. The second kappa shape index (κ2) is 6.73. The normalized spacial score (nSPS) is 10.2. The van der Waals surface area contributed by atoms with E-state index in [0.29, 0.717) is 6.42 Å². The fraction of sp³-hybridized carbons (Fsp3) is 0.143. The first kappa shape index (κ1) is 14.1. The number of thioether (sulfide) groups is 1. The predicted octanol–water partition coefficient (Wildman–Crippen LogP) is 3.75. The van der Waals surface area contributed by atoms with E-state index < -0.39 is 0 Å². The van der Waals surface area contributed by atoms with Gasteiger partial charge < -0.3 is 5.32 Å². The van der Waals surface area contributed by atoms with Crippen LogP contribution in [0.2, 0.25) is 0 Å². The first-order valence-electron chi connectivity index (χ1n) is 5.72. The standard InChI is InChI=1S/C14H13BrN2OS/c1-19-14-7-6-12(9-16-14)17-13(18)8-10-2-4-11(15)5-3-10/h2-7,9H,8H2,1H3,(H,17,18). The van der Waals surface area contributed by atoms with Gasteiger partial charge in [-0.05, 0) is 36.1 Å². The quantitative estimate of drug-likeness (QED) is 0.864. The van der Waals surface area contributed by atoms with E-state index >= 15 is 0 Å². The Hall–Kier alpha value is -1.33. The largest absolute Gasteiger partial charge is 0.324 e. The summed E-state index contributed by atoms with van der Waals surface area (Å²) >= 11 is 4.94. The number of amides is 1. The topological polar surface area (TPSA) is 42.0 Å². The number of hydrogen-bond donors (Lipinski definition) is 1. The summed E-state index contributed by atoms with van der Waals surface area (Å²) in [7, 11) is 0. The van der Waals surface area contributed by atoms with Crippen LogP contribution in [0, 0.1) is 0 Å². The molecule has 1 N–H and O–H groups in total. The Kier molecular flexibility index (Phi) is 4.99. The zero-order valence-electron chi connectivity index (χ0n) is 10.4. The van der Waals surface area contributed by atoms with E-state index in [9.17, 15) is 4.79 Å². The van der Waals surface area contributed by atoms with Crippen molar-refractivity contribution in [3.05, 3.63) is 52.6 Å². The molecule has 0 unspecified atom stereocenters. The molecule has 1 heterocycles. The Labute approximate surface area is 125 Å². The second-order valence-corrected chi connectivity index (χ2v) is 5.68. The summed E-state index contributed by atoms with van der Waals surface area (Å²) in [5, 5.41) is 3.77. The third kappa shape index (κ3) is 4.36. The fourth-order valence-corrected chi connectivity index (χ4v) is 2.19. The molecule has 1 aromatic heterocycles. The van der Waals surface area contributed by atoms with Gasteiger partial charge in [0.1, 0.15) is 0 Å². The molecule has 2 aromatic rings. The van der Waals surface area contributed by atoms with Gasteiger partial charge in [0.15, 0.2) is 0 Å². The lowest BCUT2D eigenvalue weighted by atomic mass is 10.1. The Morgan fingerprint density at radius 1 is 1.26 bits per heavy atom. The summed E-state index contributed by atoms with van der Waals surface area (Å²) in [6, 6.07) is 11.5. The van der Waals surface area contributed by atoms with E-state index in [4.69, 9.17) is 0 Å². The van der Waals surface area contributed by atoms with Crippen molar-refractivity contribution in [3.8, 4) is 0 Å². The van der Waals surface area contributed by atoms with E-state index in [-0.39, 0.29) is 5.91 Å². The highest BCUT2D eigenvalue weighted by Gasteiger charge is 2.04. The predicted molar refractivity (Wildman–Crippen MR) is 82.5 cm³/mol. The van der Waals surface area contributed by atoms with Crippen molar-refractivity contribution in [2.24, 2.45) is 0 Å². The van der Waals surface area contributed by atoms with Crippen molar-refractivity contribution in [2.75, 3.05) is 11.6 Å². The van der Waals surface area contributed by atoms with Crippen LogP contribution in [0.4, 0.5) is 5.69 Å². The number of nitrogens with one attached hydrogen (secondary N) is 1. The van der Waals surface area contributed by atoms with Crippen LogP contribution in [0.25, 0.3) is 0 Å². The number of nitrogens with zero attached hydrogens (tertiary/aromatic N) is 1. The molecule has 1 amide bonds. The van der Waals surface area contributed by atoms with Crippen molar-refractivity contribution in [1.29, 1.82) is 0 Å². The molecular formula is C14H13BrN2OS. The van der Waals surface area contributed by atoms with Gasteiger partial charge in [0.05, 0.1) is 23.3 Å². The number of rotatable bonds is 4. The maximum atomic E-state index is 11.9. The second-order valence-electron chi connectivity index (χ2n) is 3.94. The molecule has 0 aliphatic rings. The van der Waals surface area contributed by atoms with Crippen LogP contribution in [0.5, 0.6) is 0 Å². The number of carbonyl (C=O) groups is 1. The van der Waals surface area contributed by atoms with Crippen LogP contribution >= 0.6 is 27.7 Å². The van der Waals surface area contributed by atoms with Gasteiger partial charge in [-0.3, -0.25) is 4.79 Å². The lowest BCUT2D eigenvalue weighted by Crippen LogP contribution is -2.14. The number of carbonyl (C=O) groups excluding carboxylic acids is 1. The number of anilines is 1. The van der Waals surface area contributed by atoms with Crippen molar-refractivity contribution in [3.63, 3.8) is 0 Å². The van der Waals surface area contributed by atoms with Gasteiger partial charge in [-0.25, -0.2) is 4.98 Å². The summed E-state index contributed by atoms with van der Waals surface area (Å²) in [5.74, 6) is -0.0407. The molecule has 0 bridgehead atoms. The number of benzene rings is 1. The molecule has 0 aliphatic carbocycles. The molecule has 3 nitrogen and oxygen atoms in total. The van der Waals surface area contributed by atoms with Crippen molar-refractivity contribution >= 4 is 39.3 Å². The molecule has 0 atom stereocenters. The van der Waals surface area contributed by atoms with E-state index in [1.807, 2.05) is 42.7 Å². The maximum Gasteiger partial charge on any atom is 0.228 e. The van der Waals surface area contributed by atoms with Crippen LogP contribution in [0.15, 0.2) is 52.1 Å². The first-order valence-corrected chi connectivity index (χ1v) is 7.73. The van der Waals surface area contributed by atoms with Crippen LogP contribution in [-0.4, -0.2) is 17.1 Å². The number of pyridine rings is 1. The van der Waals surface area contributed by atoms with Crippen LogP contribution in [-0.2, 0) is 11.2 Å². The zero-order valence-corrected chi connectivity index (χ0v) is 12.8. The summed E-state index contributed by atoms with van der Waals surface area (Å²) in [6.07, 6.45) is 4.00. The Morgan fingerprint density at radius 2 is 2.00 bits per heavy atom. The number of aromatic nitrogens is 1. The third-order valence-electron chi connectivity index (χ3n) is 2.51. The summed E-state index contributed by atoms with van der Waals surface area (Å²) in [6.45, 7) is 0. The average molecular weight is 337 g/mol. The minimum absolute atomic E-state index is 0.0407. The minimum Gasteiger partial charge on any atom is -0.324 e. The van der Waals surface area contributed by atoms with Crippen molar-refractivity contribution in [2.45, 2.75) is 11.4 Å². The average Bonchev–Trinajstić information content (AvgIpc) is 2.42. The molecule has 1 aromatic carbocycles. The minimum atomic E-state index is -0.0407. The molecule has 5 heteroatoms. The lowest BCUT2D eigenvalue weighted by Gasteiger charge is -2.05. The van der Waals surface area contributed by atoms with Crippen LogP contribution < -0.4 is 5.32 Å². The lowest BCUT2D eigenvalue weighted by molar-refractivity contribution is -0.115. The van der Waals surface area contributed by atoms with Gasteiger partial charge in [-0.2, -0.15) is 0 Å². The van der Waals surface area contributed by atoms with Gasteiger partial charge in [-0.15, -0.1) is 11.8 Å². The number of hydrogen-bond acceptors (Lipinski definition) is 3. The Bertz CT molecular complexity index is 555. The molecule has 2 rings (SSSR count). The van der Waals surface area contributed by atoms with Crippen molar-refractivity contribution < 1.29 is 4.79 Å². The molecule has 0 saturated heterocycles. The van der Waals surface area contributed by atoms with Crippen LogP contribution in [0.1, 0.15) is 5.56 Å². The summed E-state index contributed by atoms with van der Waals surface area (Å²) in [5.41, 5.74) is 1.70. The first-order chi connectivity index (χ1) is 9.17. The smallest absolute Gasteiger partial charge is 0.228 e. The SMILES string of the molecule is CSc1ccc(NC(=O)Cc2ccc(Br)cc2)cn1. The van der Waals surface area contributed by atoms with E-state index in [1.165, 1.54) is 0 Å². The molecular weight excluding hydrogens is 324 g/mol. The maximum absolute atomic E-state index is 11.9. The molecule has 98 valence electrons. The Balaban J connectivity index is 1.95. The van der Waals surface area contributed by atoms with E-state index in [1.54, 1.807) is 18.0 Å². The van der Waals surface area contributed by atoms with Gasteiger partial charge in [0, 0.05) is 4.47 Å². The molecule has 0 fully saturated rings. The number of halogens is 1. The zero-order chi connectivity index (χ0) is 13.7. The molecule has 0 radical (unpaired) electrons. The summed E-state index contributed by atoms with van der Waals surface area (Å²) < 4.78 is 1.01. The van der Waals surface area contributed by atoms with Gasteiger partial charge in [0.25, 0.3) is 0 Å². The van der Waals surface area contributed by atoms with Gasteiger partial charge in [0.2, 0.25) is 5.91 Å². The Morgan fingerprint density at radius 3 is 2.58 bits per heavy atom. The molecule has 0 aliphatic heterocycles. The molecule has 0 spiro atoms. The van der Waals surface area contributed by atoms with Crippen LogP contribution in [0.3, 0.4) is 0 Å². The van der Waals surface area contributed by atoms with E-state index in [2.05, 4.69) is 26.2 Å². The van der Waals surface area contributed by atoms with E-state index in [0.717, 1.165) is 20.7 Å². The fourth-order valence-electron chi connectivity index (χ4n) is 1.57. The summed E-state index contributed by atoms with van der Waals surface area (Å²) in [4.78, 5) is 16.1.